The molecule has 2 heteroatoms. The molecule has 1 rings (SSSR count). The third-order valence-corrected chi connectivity index (χ3v) is 2.83. The third kappa shape index (κ3) is 3.86. The SMILES string of the molecule is CCCNC(C)C(C)Oc1ccccc1C. The number of rotatable bonds is 6. The molecule has 0 saturated carbocycles. The zero-order chi connectivity index (χ0) is 12.0. The zero-order valence-corrected chi connectivity index (χ0v) is 10.8. The van der Waals surface area contributed by atoms with Gasteiger partial charge in [0.25, 0.3) is 0 Å². The van der Waals surface area contributed by atoms with E-state index in [1.165, 1.54) is 5.56 Å². The first-order valence-electron chi connectivity index (χ1n) is 6.10. The molecule has 0 fully saturated rings. The molecule has 1 N–H and O–H groups in total. The van der Waals surface area contributed by atoms with Crippen molar-refractivity contribution in [3.63, 3.8) is 0 Å². The molecule has 0 aliphatic rings. The minimum atomic E-state index is 0.188. The first kappa shape index (κ1) is 13.0. The van der Waals surface area contributed by atoms with Gasteiger partial charge in [0.05, 0.1) is 0 Å². The van der Waals surface area contributed by atoms with Crippen molar-refractivity contribution < 1.29 is 4.74 Å². The van der Waals surface area contributed by atoms with Crippen LogP contribution < -0.4 is 10.1 Å². The number of hydrogen-bond donors (Lipinski definition) is 1. The Morgan fingerprint density at radius 3 is 2.56 bits per heavy atom. The van der Waals surface area contributed by atoms with Crippen LogP contribution in [0.5, 0.6) is 5.75 Å². The maximum Gasteiger partial charge on any atom is 0.122 e. The highest BCUT2D eigenvalue weighted by Crippen LogP contribution is 2.18. The molecule has 2 unspecified atom stereocenters. The Morgan fingerprint density at radius 2 is 1.94 bits per heavy atom. The minimum absolute atomic E-state index is 0.188. The average Bonchev–Trinajstić information content (AvgIpc) is 2.28. The van der Waals surface area contributed by atoms with E-state index in [0.29, 0.717) is 6.04 Å². The lowest BCUT2D eigenvalue weighted by Crippen LogP contribution is -2.39. The fourth-order valence-electron chi connectivity index (χ4n) is 1.53. The second kappa shape index (κ2) is 6.54. The Balaban J connectivity index is 2.50. The van der Waals surface area contributed by atoms with Crippen molar-refractivity contribution >= 4 is 0 Å². The van der Waals surface area contributed by atoms with Crippen molar-refractivity contribution in [2.75, 3.05) is 6.54 Å². The number of aryl methyl sites for hydroxylation is 1. The van der Waals surface area contributed by atoms with Crippen LogP contribution in [0.4, 0.5) is 0 Å². The number of hydrogen-bond acceptors (Lipinski definition) is 2. The summed E-state index contributed by atoms with van der Waals surface area (Å²) in [5, 5.41) is 3.45. The van der Waals surface area contributed by atoms with Gasteiger partial charge < -0.3 is 10.1 Å². The molecule has 0 heterocycles. The summed E-state index contributed by atoms with van der Waals surface area (Å²) in [5.74, 6) is 0.986. The van der Waals surface area contributed by atoms with Crippen molar-refractivity contribution in [2.24, 2.45) is 0 Å². The van der Waals surface area contributed by atoms with E-state index in [9.17, 15) is 0 Å². The molecule has 0 amide bonds. The van der Waals surface area contributed by atoms with Crippen molar-refractivity contribution in [3.05, 3.63) is 29.8 Å². The standard InChI is InChI=1S/C14H23NO/c1-5-10-15-12(3)13(4)16-14-9-7-6-8-11(14)2/h6-9,12-13,15H,5,10H2,1-4H3. The smallest absolute Gasteiger partial charge is 0.122 e. The second-order valence-corrected chi connectivity index (χ2v) is 4.33. The van der Waals surface area contributed by atoms with Gasteiger partial charge >= 0.3 is 0 Å². The molecule has 1 aromatic rings. The van der Waals surface area contributed by atoms with Crippen molar-refractivity contribution in [1.82, 2.24) is 5.32 Å². The highest BCUT2D eigenvalue weighted by Gasteiger charge is 2.13. The molecule has 16 heavy (non-hydrogen) atoms. The summed E-state index contributed by atoms with van der Waals surface area (Å²) in [5.41, 5.74) is 1.19. The maximum atomic E-state index is 5.94. The Hall–Kier alpha value is -1.02. The van der Waals surface area contributed by atoms with Crippen LogP contribution in [0.25, 0.3) is 0 Å². The van der Waals surface area contributed by atoms with Crippen LogP contribution in [0.2, 0.25) is 0 Å². The van der Waals surface area contributed by atoms with E-state index in [1.54, 1.807) is 0 Å². The summed E-state index contributed by atoms with van der Waals surface area (Å²) in [6.45, 7) is 9.57. The van der Waals surface area contributed by atoms with Crippen LogP contribution in [0.3, 0.4) is 0 Å². The van der Waals surface area contributed by atoms with Gasteiger partial charge in [-0.25, -0.2) is 0 Å². The van der Waals surface area contributed by atoms with E-state index < -0.39 is 0 Å². The van der Waals surface area contributed by atoms with Gasteiger partial charge in [0.15, 0.2) is 0 Å². The van der Waals surface area contributed by atoms with Crippen LogP contribution >= 0.6 is 0 Å². The summed E-state index contributed by atoms with van der Waals surface area (Å²) in [4.78, 5) is 0. The average molecular weight is 221 g/mol. The van der Waals surface area contributed by atoms with E-state index in [1.807, 2.05) is 18.2 Å². The third-order valence-electron chi connectivity index (χ3n) is 2.83. The lowest BCUT2D eigenvalue weighted by Gasteiger charge is -2.23. The molecule has 0 spiro atoms. The summed E-state index contributed by atoms with van der Waals surface area (Å²) >= 11 is 0. The van der Waals surface area contributed by atoms with Gasteiger partial charge in [0, 0.05) is 6.04 Å². The Labute approximate surface area is 99.0 Å². The Kier molecular flexibility index (Phi) is 5.33. The predicted octanol–water partition coefficient (Wildman–Crippen LogP) is 3.15. The summed E-state index contributed by atoms with van der Waals surface area (Å²) in [6.07, 6.45) is 1.34. The van der Waals surface area contributed by atoms with E-state index >= 15 is 0 Å². The quantitative estimate of drug-likeness (QED) is 0.796. The normalized spacial score (nSPS) is 14.5. The fourth-order valence-corrected chi connectivity index (χ4v) is 1.53. The van der Waals surface area contributed by atoms with Crippen LogP contribution in [0.15, 0.2) is 24.3 Å². The van der Waals surface area contributed by atoms with E-state index in [-0.39, 0.29) is 6.10 Å². The zero-order valence-electron chi connectivity index (χ0n) is 10.8. The Morgan fingerprint density at radius 1 is 1.25 bits per heavy atom. The summed E-state index contributed by atoms with van der Waals surface area (Å²) in [6, 6.07) is 8.52. The predicted molar refractivity (Wildman–Crippen MR) is 69.0 cm³/mol. The van der Waals surface area contributed by atoms with Gasteiger partial charge in [-0.05, 0) is 45.4 Å². The van der Waals surface area contributed by atoms with Crippen LogP contribution in [0, 0.1) is 6.92 Å². The number of nitrogens with one attached hydrogen (secondary N) is 1. The molecule has 0 aliphatic carbocycles. The monoisotopic (exact) mass is 221 g/mol. The molecule has 0 radical (unpaired) electrons. The molecular formula is C14H23NO. The first-order valence-corrected chi connectivity index (χ1v) is 6.10. The van der Waals surface area contributed by atoms with Gasteiger partial charge in [-0.3, -0.25) is 0 Å². The van der Waals surface area contributed by atoms with Crippen molar-refractivity contribution in [3.8, 4) is 5.75 Å². The summed E-state index contributed by atoms with van der Waals surface area (Å²) < 4.78 is 5.94. The largest absolute Gasteiger partial charge is 0.489 e. The maximum absolute atomic E-state index is 5.94. The van der Waals surface area contributed by atoms with Crippen LogP contribution in [-0.4, -0.2) is 18.7 Å². The fraction of sp³-hybridized carbons (Fsp3) is 0.571. The molecule has 0 saturated heterocycles. The van der Waals surface area contributed by atoms with E-state index in [0.717, 1.165) is 18.7 Å². The summed E-state index contributed by atoms with van der Waals surface area (Å²) in [7, 11) is 0. The van der Waals surface area contributed by atoms with Gasteiger partial charge in [0.1, 0.15) is 11.9 Å². The molecular weight excluding hydrogens is 198 g/mol. The van der Waals surface area contributed by atoms with Crippen LogP contribution in [-0.2, 0) is 0 Å². The second-order valence-electron chi connectivity index (χ2n) is 4.33. The number of benzene rings is 1. The molecule has 0 aliphatic heterocycles. The van der Waals surface area contributed by atoms with E-state index in [2.05, 4.69) is 39.1 Å². The van der Waals surface area contributed by atoms with Gasteiger partial charge in [-0.15, -0.1) is 0 Å². The van der Waals surface area contributed by atoms with Crippen molar-refractivity contribution in [2.45, 2.75) is 46.3 Å². The van der Waals surface area contributed by atoms with Gasteiger partial charge in [-0.2, -0.15) is 0 Å². The molecule has 2 atom stereocenters. The molecule has 90 valence electrons. The molecule has 2 nitrogen and oxygen atoms in total. The van der Waals surface area contributed by atoms with Gasteiger partial charge in [0.2, 0.25) is 0 Å². The minimum Gasteiger partial charge on any atom is -0.489 e. The lowest BCUT2D eigenvalue weighted by molar-refractivity contribution is 0.177. The molecule has 1 aromatic carbocycles. The van der Waals surface area contributed by atoms with Crippen LogP contribution in [0.1, 0.15) is 32.8 Å². The first-order chi connectivity index (χ1) is 7.65. The lowest BCUT2D eigenvalue weighted by atomic mass is 10.2. The molecule has 0 bridgehead atoms. The highest BCUT2D eigenvalue weighted by atomic mass is 16.5. The van der Waals surface area contributed by atoms with E-state index in [4.69, 9.17) is 4.74 Å². The highest BCUT2D eigenvalue weighted by molar-refractivity contribution is 5.31. The molecule has 0 aromatic heterocycles. The van der Waals surface area contributed by atoms with Gasteiger partial charge in [-0.1, -0.05) is 25.1 Å². The number of ether oxygens (including phenoxy) is 1. The van der Waals surface area contributed by atoms with Crippen molar-refractivity contribution in [1.29, 1.82) is 0 Å². The topological polar surface area (TPSA) is 21.3 Å². The Bertz CT molecular complexity index is 311. The number of para-hydroxylation sites is 1.